The van der Waals surface area contributed by atoms with Gasteiger partial charge in [-0.25, -0.2) is 9.37 Å². The molecule has 126 valence electrons. The minimum Gasteiger partial charge on any atom is -0.345 e. The molecule has 1 aromatic heterocycles. The molecule has 1 atom stereocenters. The Morgan fingerprint density at radius 1 is 1.24 bits per heavy atom. The highest BCUT2D eigenvalue weighted by molar-refractivity contribution is 6.03. The van der Waals surface area contributed by atoms with E-state index < -0.39 is 5.92 Å². The molecule has 25 heavy (non-hydrogen) atoms. The van der Waals surface area contributed by atoms with Gasteiger partial charge < -0.3 is 15.2 Å². The van der Waals surface area contributed by atoms with E-state index in [4.69, 9.17) is 0 Å². The van der Waals surface area contributed by atoms with Crippen LogP contribution < -0.4 is 10.2 Å². The smallest absolute Gasteiger partial charge is 0.229 e. The molecule has 2 amide bonds. The van der Waals surface area contributed by atoms with E-state index in [1.54, 1.807) is 30.6 Å². The van der Waals surface area contributed by atoms with Crippen molar-refractivity contribution in [2.45, 2.75) is 6.42 Å². The lowest BCUT2D eigenvalue weighted by Gasteiger charge is -2.16. The fourth-order valence-corrected chi connectivity index (χ4v) is 3.01. The number of amides is 2. The molecule has 1 fully saturated rings. The molecule has 0 bridgehead atoms. The Balaban J connectivity index is 1.47. The minimum absolute atomic E-state index is 0.134. The van der Waals surface area contributed by atoms with Gasteiger partial charge in [0.2, 0.25) is 11.8 Å². The number of hydrogen-bond acceptors (Lipinski definition) is 3. The monoisotopic (exact) mass is 338 g/mol. The largest absolute Gasteiger partial charge is 0.345 e. The molecule has 2 N–H and O–H groups in total. The molecule has 1 saturated heterocycles. The summed E-state index contributed by atoms with van der Waals surface area (Å²) in [6, 6.07) is 11.1. The van der Waals surface area contributed by atoms with Crippen molar-refractivity contribution in [3.05, 3.63) is 54.6 Å². The van der Waals surface area contributed by atoms with Gasteiger partial charge in [-0.1, -0.05) is 0 Å². The Morgan fingerprint density at radius 3 is 2.84 bits per heavy atom. The first-order valence-corrected chi connectivity index (χ1v) is 7.90. The van der Waals surface area contributed by atoms with Crippen molar-refractivity contribution in [3.8, 4) is 0 Å². The van der Waals surface area contributed by atoms with Crippen molar-refractivity contribution < 1.29 is 14.0 Å². The first-order chi connectivity index (χ1) is 12.1. The zero-order valence-corrected chi connectivity index (χ0v) is 13.2. The van der Waals surface area contributed by atoms with Crippen molar-refractivity contribution in [2.24, 2.45) is 5.92 Å². The van der Waals surface area contributed by atoms with Crippen LogP contribution in [0.4, 0.5) is 15.8 Å². The molecule has 0 radical (unpaired) electrons. The Kier molecular flexibility index (Phi) is 3.68. The topological polar surface area (TPSA) is 78.1 Å². The highest BCUT2D eigenvalue weighted by Crippen LogP contribution is 2.26. The normalized spacial score (nSPS) is 17.2. The zero-order chi connectivity index (χ0) is 17.4. The molecule has 2 heterocycles. The Labute approximate surface area is 142 Å². The lowest BCUT2D eigenvalue weighted by molar-refractivity contribution is -0.122. The maximum absolute atomic E-state index is 13.0. The van der Waals surface area contributed by atoms with E-state index in [0.717, 1.165) is 11.0 Å². The molecule has 4 rings (SSSR count). The molecule has 0 aliphatic carbocycles. The van der Waals surface area contributed by atoms with E-state index in [1.165, 1.54) is 17.0 Å². The van der Waals surface area contributed by atoms with Crippen LogP contribution in [-0.4, -0.2) is 28.3 Å². The maximum atomic E-state index is 13.0. The fourth-order valence-electron chi connectivity index (χ4n) is 3.01. The van der Waals surface area contributed by atoms with Gasteiger partial charge in [-0.3, -0.25) is 9.59 Å². The second-order valence-electron chi connectivity index (χ2n) is 6.01. The Hall–Kier alpha value is -3.22. The van der Waals surface area contributed by atoms with E-state index in [-0.39, 0.29) is 30.6 Å². The number of nitrogens with one attached hydrogen (secondary N) is 2. The molecule has 1 unspecified atom stereocenters. The molecule has 1 aliphatic rings. The van der Waals surface area contributed by atoms with Gasteiger partial charge in [0.15, 0.2) is 0 Å². The van der Waals surface area contributed by atoms with Crippen LogP contribution >= 0.6 is 0 Å². The summed E-state index contributed by atoms with van der Waals surface area (Å²) in [4.78, 5) is 33.3. The van der Waals surface area contributed by atoms with Crippen LogP contribution in [0.5, 0.6) is 0 Å². The van der Waals surface area contributed by atoms with Gasteiger partial charge >= 0.3 is 0 Å². The van der Waals surface area contributed by atoms with Crippen LogP contribution in [-0.2, 0) is 9.59 Å². The highest BCUT2D eigenvalue weighted by atomic mass is 19.1. The Morgan fingerprint density at radius 2 is 2.04 bits per heavy atom. The molecule has 7 heteroatoms. The van der Waals surface area contributed by atoms with Gasteiger partial charge in [0.1, 0.15) is 5.82 Å². The lowest BCUT2D eigenvalue weighted by Crippen LogP contribution is -2.28. The van der Waals surface area contributed by atoms with E-state index >= 15 is 0 Å². The van der Waals surface area contributed by atoms with Crippen LogP contribution in [0.25, 0.3) is 11.0 Å². The number of hydrogen-bond donors (Lipinski definition) is 2. The first kappa shape index (κ1) is 15.3. The van der Waals surface area contributed by atoms with Gasteiger partial charge in [-0.2, -0.15) is 0 Å². The highest BCUT2D eigenvalue weighted by Gasteiger charge is 2.35. The average molecular weight is 338 g/mol. The number of aromatic amines is 1. The number of carbonyl (C=O) groups is 2. The number of nitrogens with zero attached hydrogens (tertiary/aromatic N) is 2. The van der Waals surface area contributed by atoms with Crippen molar-refractivity contribution in [2.75, 3.05) is 16.8 Å². The van der Waals surface area contributed by atoms with Crippen LogP contribution in [0.3, 0.4) is 0 Å². The SMILES string of the molecule is O=C(Nc1ccc2nc[nH]c2c1)C1CC(=O)N(c2ccc(F)cc2)C1. The zero-order valence-electron chi connectivity index (χ0n) is 13.2. The third kappa shape index (κ3) is 2.96. The van der Waals surface area contributed by atoms with Crippen LogP contribution in [0, 0.1) is 11.7 Å². The fraction of sp³-hybridized carbons (Fsp3) is 0.167. The van der Waals surface area contributed by atoms with Crippen molar-refractivity contribution in [1.82, 2.24) is 9.97 Å². The summed E-state index contributed by atoms with van der Waals surface area (Å²) in [7, 11) is 0. The summed E-state index contributed by atoms with van der Waals surface area (Å²) in [5, 5.41) is 2.84. The molecule has 3 aromatic rings. The van der Waals surface area contributed by atoms with Gasteiger partial charge in [0, 0.05) is 24.3 Å². The van der Waals surface area contributed by atoms with Crippen molar-refractivity contribution >= 4 is 34.2 Å². The van der Waals surface area contributed by atoms with E-state index in [9.17, 15) is 14.0 Å². The summed E-state index contributed by atoms with van der Waals surface area (Å²) in [5.74, 6) is -1.17. The van der Waals surface area contributed by atoms with Crippen molar-refractivity contribution in [3.63, 3.8) is 0 Å². The second kappa shape index (κ2) is 6.01. The summed E-state index contributed by atoms with van der Waals surface area (Å²) in [6.07, 6.45) is 1.72. The van der Waals surface area contributed by atoms with E-state index in [2.05, 4.69) is 15.3 Å². The van der Waals surface area contributed by atoms with Gasteiger partial charge in [0.25, 0.3) is 0 Å². The van der Waals surface area contributed by atoms with E-state index in [1.807, 2.05) is 6.07 Å². The summed E-state index contributed by atoms with van der Waals surface area (Å²) < 4.78 is 13.0. The number of rotatable bonds is 3. The van der Waals surface area contributed by atoms with Crippen LogP contribution in [0.1, 0.15) is 6.42 Å². The predicted molar refractivity (Wildman–Crippen MR) is 91.6 cm³/mol. The number of halogens is 1. The van der Waals surface area contributed by atoms with Crippen LogP contribution in [0.2, 0.25) is 0 Å². The van der Waals surface area contributed by atoms with E-state index in [0.29, 0.717) is 11.4 Å². The van der Waals surface area contributed by atoms with Gasteiger partial charge in [-0.05, 0) is 42.5 Å². The minimum atomic E-state index is -0.449. The average Bonchev–Trinajstić information content (AvgIpc) is 3.22. The number of anilines is 2. The number of fused-ring (bicyclic) bond motifs is 1. The van der Waals surface area contributed by atoms with Crippen LogP contribution in [0.15, 0.2) is 48.8 Å². The number of H-pyrrole nitrogens is 1. The third-order valence-electron chi connectivity index (χ3n) is 4.32. The summed E-state index contributed by atoms with van der Waals surface area (Å²) >= 11 is 0. The first-order valence-electron chi connectivity index (χ1n) is 7.90. The van der Waals surface area contributed by atoms with Gasteiger partial charge in [-0.15, -0.1) is 0 Å². The summed E-state index contributed by atoms with van der Waals surface area (Å²) in [6.45, 7) is 0.280. The molecule has 0 saturated carbocycles. The number of benzene rings is 2. The third-order valence-corrected chi connectivity index (χ3v) is 4.32. The molecule has 0 spiro atoms. The van der Waals surface area contributed by atoms with Gasteiger partial charge in [0.05, 0.1) is 23.3 Å². The molecular formula is C18H15FN4O2. The molecule has 2 aromatic carbocycles. The molecule has 6 nitrogen and oxygen atoms in total. The second-order valence-corrected chi connectivity index (χ2v) is 6.01. The number of carbonyl (C=O) groups excluding carboxylic acids is 2. The molecular weight excluding hydrogens is 323 g/mol. The predicted octanol–water partition coefficient (Wildman–Crippen LogP) is 2.69. The Bertz CT molecular complexity index is 951. The maximum Gasteiger partial charge on any atom is 0.229 e. The number of imidazole rings is 1. The molecule has 1 aliphatic heterocycles. The quantitative estimate of drug-likeness (QED) is 0.771. The summed E-state index contributed by atoms with van der Waals surface area (Å²) in [5.41, 5.74) is 2.89. The lowest BCUT2D eigenvalue weighted by atomic mass is 10.1. The standard InChI is InChI=1S/C18H15FN4O2/c19-12-1-4-14(5-2-12)23-9-11(7-17(23)24)18(25)22-13-3-6-15-16(8-13)21-10-20-15/h1-6,8,10-11H,7,9H2,(H,20,21)(H,22,25). The van der Waals surface area contributed by atoms with Crippen molar-refractivity contribution in [1.29, 1.82) is 0 Å². The number of aromatic nitrogens is 2.